The van der Waals surface area contributed by atoms with Crippen molar-refractivity contribution in [1.29, 1.82) is 0 Å². The third-order valence-electron chi connectivity index (χ3n) is 1.18. The fourth-order valence-corrected chi connectivity index (χ4v) is 0.664. The van der Waals surface area contributed by atoms with Crippen molar-refractivity contribution in [3.63, 3.8) is 0 Å². The highest BCUT2D eigenvalue weighted by molar-refractivity contribution is 5.11. The molecule has 0 aliphatic carbocycles. The molecular formula is C5H10N4O2. The van der Waals surface area contributed by atoms with Gasteiger partial charge in [-0.25, -0.2) is 0 Å². The molecule has 6 heteroatoms. The van der Waals surface area contributed by atoms with Crippen LogP contribution in [0.25, 0.3) is 0 Å². The van der Waals surface area contributed by atoms with E-state index >= 15 is 0 Å². The van der Waals surface area contributed by atoms with Gasteiger partial charge in [0, 0.05) is 0 Å². The maximum absolute atomic E-state index is 9.20. The summed E-state index contributed by atoms with van der Waals surface area (Å²) >= 11 is 0. The van der Waals surface area contributed by atoms with Crippen molar-refractivity contribution in [3.05, 3.63) is 5.89 Å². The van der Waals surface area contributed by atoms with E-state index in [4.69, 9.17) is 11.5 Å². The topological polar surface area (TPSA) is 111 Å². The molecule has 0 fully saturated rings. The number of nitrogen functional groups attached to an aromatic ring is 1. The maximum Gasteiger partial charge on any atom is 0.260 e. The van der Waals surface area contributed by atoms with Crippen molar-refractivity contribution >= 4 is 5.95 Å². The van der Waals surface area contributed by atoms with Crippen LogP contribution in [0.3, 0.4) is 0 Å². The van der Waals surface area contributed by atoms with Crippen LogP contribution in [0.4, 0.5) is 5.95 Å². The first-order valence-electron chi connectivity index (χ1n) is 3.21. The van der Waals surface area contributed by atoms with Gasteiger partial charge in [0.15, 0.2) is 0 Å². The molecule has 0 saturated heterocycles. The molecule has 1 atom stereocenters. The van der Waals surface area contributed by atoms with E-state index in [1.54, 1.807) is 0 Å². The monoisotopic (exact) mass is 158 g/mol. The van der Waals surface area contributed by atoms with Gasteiger partial charge in [-0.05, 0) is 18.1 Å². The summed E-state index contributed by atoms with van der Waals surface area (Å²) in [6, 6.07) is 0. The first-order chi connectivity index (χ1) is 5.24. The Hall–Kier alpha value is -1.14. The third kappa shape index (κ3) is 1.89. The minimum absolute atomic E-state index is 0.0241. The van der Waals surface area contributed by atoms with Gasteiger partial charge in [-0.1, -0.05) is 0 Å². The van der Waals surface area contributed by atoms with Crippen LogP contribution in [0.15, 0.2) is 4.52 Å². The second-order valence-corrected chi connectivity index (χ2v) is 2.08. The predicted octanol–water partition coefficient (Wildman–Crippen LogP) is -0.966. The third-order valence-corrected chi connectivity index (χ3v) is 1.18. The normalized spacial score (nSPS) is 13.3. The van der Waals surface area contributed by atoms with Crippen molar-refractivity contribution < 1.29 is 9.63 Å². The van der Waals surface area contributed by atoms with Crippen LogP contribution in [0, 0.1) is 0 Å². The Labute approximate surface area is 63.2 Å². The Morgan fingerprint density at radius 1 is 1.64 bits per heavy atom. The van der Waals surface area contributed by atoms with E-state index in [1.807, 2.05) is 0 Å². The van der Waals surface area contributed by atoms with Crippen LogP contribution in [0.2, 0.25) is 0 Å². The average Bonchev–Trinajstić information content (AvgIpc) is 2.36. The van der Waals surface area contributed by atoms with Crippen molar-refractivity contribution in [2.75, 3.05) is 12.3 Å². The molecule has 0 saturated carbocycles. The number of hydrogen-bond donors (Lipinski definition) is 3. The zero-order valence-corrected chi connectivity index (χ0v) is 5.90. The standard InChI is InChI=1S/C5H10N4O2/c6-2-1-3(10)4-8-5(7)9-11-4/h3,10H,1-2,6H2,(H2,7,9)/t3-/m0/s1. The molecule has 5 N–H and O–H groups in total. The first-order valence-corrected chi connectivity index (χ1v) is 3.21. The molecule has 1 aromatic heterocycles. The van der Waals surface area contributed by atoms with Gasteiger partial charge < -0.3 is 21.1 Å². The molecule has 0 aliphatic rings. The van der Waals surface area contributed by atoms with Crippen molar-refractivity contribution in [3.8, 4) is 0 Å². The molecular weight excluding hydrogens is 148 g/mol. The number of nitrogens with zero attached hydrogens (tertiary/aromatic N) is 2. The van der Waals surface area contributed by atoms with Gasteiger partial charge in [0.25, 0.3) is 11.8 Å². The fraction of sp³-hybridized carbons (Fsp3) is 0.600. The molecule has 0 aliphatic heterocycles. The van der Waals surface area contributed by atoms with E-state index in [0.717, 1.165) is 0 Å². The fourth-order valence-electron chi connectivity index (χ4n) is 0.664. The second-order valence-electron chi connectivity index (χ2n) is 2.08. The van der Waals surface area contributed by atoms with Gasteiger partial charge in [0.05, 0.1) is 0 Å². The summed E-state index contributed by atoms with van der Waals surface area (Å²) in [5, 5.41) is 12.5. The molecule has 6 nitrogen and oxygen atoms in total. The van der Waals surface area contributed by atoms with Gasteiger partial charge in [0.2, 0.25) is 0 Å². The SMILES string of the molecule is NCC[C@H](O)c1nc(N)no1. The van der Waals surface area contributed by atoms with Gasteiger partial charge in [-0.3, -0.25) is 0 Å². The summed E-state index contributed by atoms with van der Waals surface area (Å²) in [5.74, 6) is 0.143. The summed E-state index contributed by atoms with van der Waals surface area (Å²) in [7, 11) is 0. The van der Waals surface area contributed by atoms with Gasteiger partial charge in [-0.15, -0.1) is 0 Å². The Balaban J connectivity index is 2.60. The van der Waals surface area contributed by atoms with Crippen LogP contribution in [-0.2, 0) is 0 Å². The van der Waals surface area contributed by atoms with Crippen molar-refractivity contribution in [2.24, 2.45) is 5.73 Å². The summed E-state index contributed by atoms with van der Waals surface area (Å²) in [4.78, 5) is 3.62. The number of nitrogens with two attached hydrogens (primary N) is 2. The van der Waals surface area contributed by atoms with E-state index in [2.05, 4.69) is 14.7 Å². The molecule has 1 rings (SSSR count). The molecule has 0 amide bonds. The number of hydrogen-bond acceptors (Lipinski definition) is 6. The quantitative estimate of drug-likeness (QED) is 0.522. The Morgan fingerprint density at radius 2 is 2.36 bits per heavy atom. The largest absolute Gasteiger partial charge is 0.383 e. The number of rotatable bonds is 3. The highest BCUT2D eigenvalue weighted by Gasteiger charge is 2.13. The van der Waals surface area contributed by atoms with Crippen LogP contribution < -0.4 is 11.5 Å². The highest BCUT2D eigenvalue weighted by Crippen LogP contribution is 2.13. The molecule has 0 spiro atoms. The molecule has 11 heavy (non-hydrogen) atoms. The lowest BCUT2D eigenvalue weighted by atomic mass is 10.2. The van der Waals surface area contributed by atoms with Crippen LogP contribution in [0.1, 0.15) is 18.4 Å². The lowest BCUT2D eigenvalue weighted by molar-refractivity contribution is 0.127. The molecule has 1 heterocycles. The van der Waals surface area contributed by atoms with Gasteiger partial charge >= 0.3 is 0 Å². The highest BCUT2D eigenvalue weighted by atomic mass is 16.5. The minimum atomic E-state index is -0.801. The van der Waals surface area contributed by atoms with Gasteiger partial charge in [-0.2, -0.15) is 4.98 Å². The van der Waals surface area contributed by atoms with Crippen LogP contribution >= 0.6 is 0 Å². The van der Waals surface area contributed by atoms with Crippen LogP contribution in [0.5, 0.6) is 0 Å². The maximum atomic E-state index is 9.20. The van der Waals surface area contributed by atoms with E-state index in [0.29, 0.717) is 13.0 Å². The molecule has 1 aromatic rings. The average molecular weight is 158 g/mol. The molecule has 0 radical (unpaired) electrons. The molecule has 0 aromatic carbocycles. The first kappa shape index (κ1) is 7.96. The molecule has 0 bridgehead atoms. The number of aliphatic hydroxyl groups is 1. The Bertz CT molecular complexity index is 224. The molecule has 62 valence electrons. The number of anilines is 1. The summed E-state index contributed by atoms with van der Waals surface area (Å²) < 4.78 is 4.59. The summed E-state index contributed by atoms with van der Waals surface area (Å²) in [6.45, 7) is 0.365. The summed E-state index contributed by atoms with van der Waals surface area (Å²) in [5.41, 5.74) is 10.3. The van der Waals surface area contributed by atoms with E-state index in [-0.39, 0.29) is 11.8 Å². The Morgan fingerprint density at radius 3 is 2.82 bits per heavy atom. The molecule has 0 unspecified atom stereocenters. The Kier molecular flexibility index (Phi) is 2.40. The lowest BCUT2D eigenvalue weighted by Crippen LogP contribution is -2.06. The number of aliphatic hydroxyl groups excluding tert-OH is 1. The minimum Gasteiger partial charge on any atom is -0.383 e. The lowest BCUT2D eigenvalue weighted by Gasteiger charge is -2.00. The van der Waals surface area contributed by atoms with E-state index < -0.39 is 6.10 Å². The van der Waals surface area contributed by atoms with Crippen molar-refractivity contribution in [2.45, 2.75) is 12.5 Å². The zero-order valence-electron chi connectivity index (χ0n) is 5.90. The van der Waals surface area contributed by atoms with Crippen LogP contribution in [-0.4, -0.2) is 21.8 Å². The van der Waals surface area contributed by atoms with Crippen molar-refractivity contribution in [1.82, 2.24) is 10.1 Å². The predicted molar refractivity (Wildman–Crippen MR) is 37.3 cm³/mol. The van der Waals surface area contributed by atoms with Gasteiger partial charge in [0.1, 0.15) is 6.10 Å². The smallest absolute Gasteiger partial charge is 0.260 e. The van der Waals surface area contributed by atoms with E-state index in [1.165, 1.54) is 0 Å². The number of aromatic nitrogens is 2. The summed E-state index contributed by atoms with van der Waals surface area (Å²) in [6.07, 6.45) is -0.411. The van der Waals surface area contributed by atoms with E-state index in [9.17, 15) is 5.11 Å². The second kappa shape index (κ2) is 3.31. The zero-order chi connectivity index (χ0) is 8.27.